The molecule has 2 heteroatoms. The summed E-state index contributed by atoms with van der Waals surface area (Å²) in [4.78, 5) is 0. The highest BCUT2D eigenvalue weighted by atomic mass is 16.5. The average molecular weight is 144 g/mol. The minimum absolute atomic E-state index is 0.609. The lowest BCUT2D eigenvalue weighted by Crippen LogP contribution is -1.95. The molecule has 0 amide bonds. The van der Waals surface area contributed by atoms with Gasteiger partial charge in [-0.3, -0.25) is 0 Å². The zero-order chi connectivity index (χ0) is 8.41. The van der Waals surface area contributed by atoms with Crippen LogP contribution in [-0.4, -0.2) is 11.7 Å². The molecule has 10 heavy (non-hydrogen) atoms. The Labute approximate surface area is 62.8 Å². The van der Waals surface area contributed by atoms with Crippen molar-refractivity contribution in [1.82, 2.24) is 0 Å². The SMILES string of the molecule is C=CO.C=COCC(C)C. The van der Waals surface area contributed by atoms with Gasteiger partial charge in [0.25, 0.3) is 0 Å². The Balaban J connectivity index is 0. The van der Waals surface area contributed by atoms with Gasteiger partial charge in [-0.25, -0.2) is 0 Å². The maximum Gasteiger partial charge on any atom is 0.0895 e. The standard InChI is InChI=1S/C6H12O.C2H4O/c1-4-7-5-6(2)3;1-2-3/h4,6H,1,5H2,2-3H3;2-3H,1H2. The lowest BCUT2D eigenvalue weighted by Gasteiger charge is -2.00. The van der Waals surface area contributed by atoms with Crippen molar-refractivity contribution >= 4 is 0 Å². The molecule has 0 radical (unpaired) electrons. The van der Waals surface area contributed by atoms with E-state index in [1.807, 2.05) is 0 Å². The zero-order valence-electron chi connectivity index (χ0n) is 6.71. The zero-order valence-corrected chi connectivity index (χ0v) is 6.71. The molecule has 0 bridgehead atoms. The van der Waals surface area contributed by atoms with Crippen molar-refractivity contribution in [3.8, 4) is 0 Å². The first-order valence-electron chi connectivity index (χ1n) is 3.16. The summed E-state index contributed by atoms with van der Waals surface area (Å²) in [7, 11) is 0. The lowest BCUT2D eigenvalue weighted by atomic mass is 10.2. The Morgan fingerprint density at radius 1 is 1.50 bits per heavy atom. The van der Waals surface area contributed by atoms with Crippen molar-refractivity contribution in [3.05, 3.63) is 25.7 Å². The summed E-state index contributed by atoms with van der Waals surface area (Å²) >= 11 is 0. The van der Waals surface area contributed by atoms with Crippen LogP contribution in [0.1, 0.15) is 13.8 Å². The van der Waals surface area contributed by atoms with Gasteiger partial charge in [-0.2, -0.15) is 0 Å². The summed E-state index contributed by atoms with van der Waals surface area (Å²) in [5, 5.41) is 7.33. The Hall–Kier alpha value is -0.920. The van der Waals surface area contributed by atoms with Gasteiger partial charge in [0, 0.05) is 0 Å². The van der Waals surface area contributed by atoms with Gasteiger partial charge >= 0.3 is 0 Å². The highest BCUT2D eigenvalue weighted by Gasteiger charge is 1.87. The molecule has 0 atom stereocenters. The van der Waals surface area contributed by atoms with Crippen molar-refractivity contribution in [2.75, 3.05) is 6.61 Å². The lowest BCUT2D eigenvalue weighted by molar-refractivity contribution is 0.212. The molecule has 1 N–H and O–H groups in total. The molecule has 0 heterocycles. The molecule has 0 aliphatic heterocycles. The van der Waals surface area contributed by atoms with Crippen LogP contribution in [-0.2, 0) is 4.74 Å². The van der Waals surface area contributed by atoms with Crippen molar-refractivity contribution in [3.63, 3.8) is 0 Å². The quantitative estimate of drug-likeness (QED) is 0.616. The molecule has 0 fully saturated rings. The summed E-state index contributed by atoms with van der Waals surface area (Å²) in [5.74, 6) is 0.609. The second-order valence-corrected chi connectivity index (χ2v) is 2.08. The number of aliphatic hydroxyl groups excluding tert-OH is 1. The van der Waals surface area contributed by atoms with Gasteiger partial charge in [0.1, 0.15) is 0 Å². The molecular formula is C8H16O2. The molecule has 0 aromatic heterocycles. The third-order valence-corrected chi connectivity index (χ3v) is 0.547. The number of hydrogen-bond donors (Lipinski definition) is 1. The van der Waals surface area contributed by atoms with E-state index in [-0.39, 0.29) is 0 Å². The van der Waals surface area contributed by atoms with Crippen LogP contribution in [0, 0.1) is 5.92 Å². The summed E-state index contributed by atoms with van der Waals surface area (Å²) in [6.07, 6.45) is 2.22. The molecule has 0 saturated heterocycles. The van der Waals surface area contributed by atoms with E-state index in [4.69, 9.17) is 9.84 Å². The largest absolute Gasteiger partial charge is 0.516 e. The third kappa shape index (κ3) is 27.6. The first-order chi connectivity index (χ1) is 4.68. The minimum atomic E-state index is 0.609. The van der Waals surface area contributed by atoms with E-state index in [9.17, 15) is 0 Å². The van der Waals surface area contributed by atoms with Crippen LogP contribution < -0.4 is 0 Å². The first-order valence-corrected chi connectivity index (χ1v) is 3.16. The van der Waals surface area contributed by atoms with Crippen LogP contribution in [0.15, 0.2) is 25.7 Å². The van der Waals surface area contributed by atoms with Gasteiger partial charge in [-0.15, -0.1) is 0 Å². The maximum atomic E-state index is 7.33. The summed E-state index contributed by atoms with van der Waals surface area (Å²) < 4.78 is 4.86. The van der Waals surface area contributed by atoms with Crippen molar-refractivity contribution in [1.29, 1.82) is 0 Å². The second-order valence-electron chi connectivity index (χ2n) is 2.08. The minimum Gasteiger partial charge on any atom is -0.516 e. The Bertz CT molecular complexity index is 77.3. The van der Waals surface area contributed by atoms with Gasteiger partial charge in [-0.05, 0) is 5.92 Å². The van der Waals surface area contributed by atoms with E-state index in [2.05, 4.69) is 27.0 Å². The fraction of sp³-hybridized carbons (Fsp3) is 0.500. The number of hydrogen-bond acceptors (Lipinski definition) is 2. The highest BCUT2D eigenvalue weighted by molar-refractivity contribution is 4.49. The Morgan fingerprint density at radius 3 is 2.00 bits per heavy atom. The van der Waals surface area contributed by atoms with Crippen LogP contribution in [0.3, 0.4) is 0 Å². The molecule has 2 nitrogen and oxygen atoms in total. The van der Waals surface area contributed by atoms with Crippen LogP contribution >= 0.6 is 0 Å². The topological polar surface area (TPSA) is 29.5 Å². The average Bonchev–Trinajstić information content (AvgIpc) is 1.85. The molecule has 0 aliphatic rings. The molecule has 0 saturated carbocycles. The Kier molecular flexibility index (Phi) is 13.0. The molecule has 0 aromatic carbocycles. The molecule has 0 rings (SSSR count). The predicted octanol–water partition coefficient (Wildman–Crippen LogP) is 2.49. The van der Waals surface area contributed by atoms with Crippen LogP contribution in [0.25, 0.3) is 0 Å². The van der Waals surface area contributed by atoms with E-state index >= 15 is 0 Å². The van der Waals surface area contributed by atoms with Crippen LogP contribution in [0.4, 0.5) is 0 Å². The van der Waals surface area contributed by atoms with E-state index in [0.29, 0.717) is 5.92 Å². The smallest absolute Gasteiger partial charge is 0.0895 e. The normalized spacial score (nSPS) is 7.50. The third-order valence-electron chi connectivity index (χ3n) is 0.547. The molecule has 0 aromatic rings. The fourth-order valence-electron chi connectivity index (χ4n) is 0.260. The van der Waals surface area contributed by atoms with Crippen LogP contribution in [0.2, 0.25) is 0 Å². The first kappa shape index (κ1) is 11.8. The van der Waals surface area contributed by atoms with E-state index in [1.165, 1.54) is 6.26 Å². The van der Waals surface area contributed by atoms with Crippen molar-refractivity contribution in [2.24, 2.45) is 5.92 Å². The number of rotatable bonds is 3. The molecule has 0 aliphatic carbocycles. The van der Waals surface area contributed by atoms with E-state index < -0.39 is 0 Å². The van der Waals surface area contributed by atoms with E-state index in [1.54, 1.807) is 0 Å². The van der Waals surface area contributed by atoms with E-state index in [0.717, 1.165) is 12.9 Å². The maximum absolute atomic E-state index is 7.33. The predicted molar refractivity (Wildman–Crippen MR) is 43.8 cm³/mol. The van der Waals surface area contributed by atoms with Gasteiger partial charge in [0.15, 0.2) is 0 Å². The van der Waals surface area contributed by atoms with Gasteiger partial charge in [-0.1, -0.05) is 27.0 Å². The molecule has 60 valence electrons. The second kappa shape index (κ2) is 11.0. The van der Waals surface area contributed by atoms with Gasteiger partial charge < -0.3 is 9.84 Å². The summed E-state index contributed by atoms with van der Waals surface area (Å²) in [6, 6.07) is 0. The summed E-state index contributed by atoms with van der Waals surface area (Å²) in [5.41, 5.74) is 0. The van der Waals surface area contributed by atoms with Crippen molar-refractivity contribution < 1.29 is 9.84 Å². The monoisotopic (exact) mass is 144 g/mol. The number of ether oxygens (including phenoxy) is 1. The fourth-order valence-corrected chi connectivity index (χ4v) is 0.260. The van der Waals surface area contributed by atoms with Crippen LogP contribution in [0.5, 0.6) is 0 Å². The molecular weight excluding hydrogens is 128 g/mol. The summed E-state index contributed by atoms with van der Waals surface area (Å²) in [6.45, 7) is 11.3. The van der Waals surface area contributed by atoms with Gasteiger partial charge in [0.2, 0.25) is 0 Å². The highest BCUT2D eigenvalue weighted by Crippen LogP contribution is 1.90. The van der Waals surface area contributed by atoms with Gasteiger partial charge in [0.05, 0.1) is 19.1 Å². The Morgan fingerprint density at radius 2 is 1.90 bits per heavy atom. The molecule has 0 spiro atoms. The van der Waals surface area contributed by atoms with Crippen molar-refractivity contribution in [2.45, 2.75) is 13.8 Å². The number of aliphatic hydroxyl groups is 1. The molecule has 0 unspecified atom stereocenters.